The van der Waals surface area contributed by atoms with E-state index in [9.17, 15) is 9.59 Å². The molecule has 2 N–H and O–H groups in total. The summed E-state index contributed by atoms with van der Waals surface area (Å²) in [6.45, 7) is 5.49. The number of carbonyl (C=O) groups excluding carboxylic acids is 1. The second-order valence-corrected chi connectivity index (χ2v) is 9.76. The van der Waals surface area contributed by atoms with Crippen LogP contribution < -0.4 is 5.32 Å². The Balaban J connectivity index is 0.000000194. The van der Waals surface area contributed by atoms with E-state index in [0.29, 0.717) is 5.69 Å². The van der Waals surface area contributed by atoms with Crippen LogP contribution in [0.15, 0.2) is 70.1 Å². The Hall–Kier alpha value is -3.04. The summed E-state index contributed by atoms with van der Waals surface area (Å²) in [5, 5.41) is 15.3. The minimum Gasteiger partial charge on any atom is -0.478 e. The molecular formula is C24H21Br2N3O4. The van der Waals surface area contributed by atoms with Crippen LogP contribution in [0.25, 0.3) is 21.5 Å². The van der Waals surface area contributed by atoms with E-state index in [1.54, 1.807) is 43.0 Å². The summed E-state index contributed by atoms with van der Waals surface area (Å²) in [5.74, 6) is -0.921. The molecule has 33 heavy (non-hydrogen) atoms. The number of fused-ring (bicyclic) bond motifs is 2. The monoisotopic (exact) mass is 573 g/mol. The number of rotatable bonds is 2. The zero-order valence-corrected chi connectivity index (χ0v) is 21.3. The molecule has 0 aliphatic carbocycles. The zero-order chi connectivity index (χ0) is 24.2. The molecule has 0 unspecified atom stereocenters. The number of aromatic nitrogens is 2. The minimum atomic E-state index is -0.921. The van der Waals surface area contributed by atoms with Gasteiger partial charge in [0.05, 0.1) is 5.56 Å². The molecular weight excluding hydrogens is 554 g/mol. The molecule has 0 radical (unpaired) electrons. The minimum absolute atomic E-state index is 0.282. The number of anilines is 1. The van der Waals surface area contributed by atoms with Gasteiger partial charge in [0.25, 0.3) is 0 Å². The Labute approximate surface area is 207 Å². The number of nitrogens with one attached hydrogen (secondary N) is 1. The molecule has 7 nitrogen and oxygen atoms in total. The van der Waals surface area contributed by atoms with E-state index in [4.69, 9.17) is 9.84 Å². The van der Waals surface area contributed by atoms with Crippen LogP contribution in [-0.2, 0) is 4.74 Å². The number of benzene rings is 2. The highest BCUT2D eigenvalue weighted by atomic mass is 79.9. The standard InChI is InChI=1S/C14H15BrN2O2.C10H6BrNO2/c1-14(2,3)19-13(18)17-10-5-4-9-7-16-8-12(15)11(9)6-10;11-9-5-12-4-7-2-1-6(10(13)14)3-8(7)9/h4-8H,1-3H3,(H,17,18);1-5H,(H,13,14). The first kappa shape index (κ1) is 24.6. The molecule has 0 bridgehead atoms. The topological polar surface area (TPSA) is 101 Å². The first-order chi connectivity index (χ1) is 15.5. The summed E-state index contributed by atoms with van der Waals surface area (Å²) in [4.78, 5) is 30.5. The van der Waals surface area contributed by atoms with Crippen LogP contribution in [0.4, 0.5) is 10.5 Å². The maximum Gasteiger partial charge on any atom is 0.412 e. The summed E-state index contributed by atoms with van der Waals surface area (Å²) >= 11 is 6.76. The van der Waals surface area contributed by atoms with Gasteiger partial charge in [0.2, 0.25) is 0 Å². The first-order valence-corrected chi connectivity index (χ1v) is 11.4. The number of amides is 1. The van der Waals surface area contributed by atoms with Gasteiger partial charge in [-0.3, -0.25) is 15.3 Å². The third-order valence-electron chi connectivity index (χ3n) is 4.32. The van der Waals surface area contributed by atoms with Crippen LogP contribution in [0.5, 0.6) is 0 Å². The second kappa shape index (κ2) is 10.3. The molecule has 0 atom stereocenters. The SMILES string of the molecule is CC(C)(C)OC(=O)Nc1ccc2cncc(Br)c2c1.O=C(O)c1ccc2cncc(Br)c2c1. The first-order valence-electron chi connectivity index (χ1n) is 9.83. The third kappa shape index (κ3) is 6.72. The molecule has 0 aliphatic heterocycles. The summed E-state index contributed by atoms with van der Waals surface area (Å²) in [6.07, 6.45) is 6.38. The van der Waals surface area contributed by atoms with Crippen molar-refractivity contribution < 1.29 is 19.4 Å². The van der Waals surface area contributed by atoms with Crippen LogP contribution >= 0.6 is 31.9 Å². The number of halogens is 2. The molecule has 170 valence electrons. The van der Waals surface area contributed by atoms with Crippen molar-refractivity contribution in [3.05, 3.63) is 75.7 Å². The fraction of sp³-hybridized carbons (Fsp3) is 0.167. The highest BCUT2D eigenvalue weighted by molar-refractivity contribution is 9.11. The Morgan fingerprint density at radius 2 is 1.42 bits per heavy atom. The number of ether oxygens (including phenoxy) is 1. The quantitative estimate of drug-likeness (QED) is 0.266. The number of hydrogen-bond acceptors (Lipinski definition) is 5. The Morgan fingerprint density at radius 1 is 0.879 bits per heavy atom. The van der Waals surface area contributed by atoms with Gasteiger partial charge in [-0.2, -0.15) is 0 Å². The number of carboxylic acids is 1. The lowest BCUT2D eigenvalue weighted by molar-refractivity contribution is 0.0634. The second-order valence-electron chi connectivity index (χ2n) is 8.05. The van der Waals surface area contributed by atoms with Crippen molar-refractivity contribution in [3.63, 3.8) is 0 Å². The zero-order valence-electron chi connectivity index (χ0n) is 18.1. The number of hydrogen-bond donors (Lipinski definition) is 2. The fourth-order valence-corrected chi connectivity index (χ4v) is 3.81. The van der Waals surface area contributed by atoms with Gasteiger partial charge in [-0.05, 0) is 82.3 Å². The van der Waals surface area contributed by atoms with E-state index in [1.807, 2.05) is 39.0 Å². The van der Waals surface area contributed by atoms with Gasteiger partial charge in [-0.25, -0.2) is 9.59 Å². The lowest BCUT2D eigenvalue weighted by Crippen LogP contribution is -2.27. The van der Waals surface area contributed by atoms with Gasteiger partial charge in [0, 0.05) is 55.6 Å². The molecule has 0 aliphatic rings. The number of nitrogens with zero attached hydrogens (tertiary/aromatic N) is 2. The predicted octanol–water partition coefficient (Wildman–Crippen LogP) is 7.04. The van der Waals surface area contributed by atoms with E-state index >= 15 is 0 Å². The molecule has 1 amide bonds. The van der Waals surface area contributed by atoms with Crippen molar-refractivity contribution in [1.82, 2.24) is 9.97 Å². The van der Waals surface area contributed by atoms with Crippen LogP contribution in [0, 0.1) is 0 Å². The molecule has 9 heteroatoms. The molecule has 2 heterocycles. The van der Waals surface area contributed by atoms with Gasteiger partial charge in [-0.15, -0.1) is 0 Å². The molecule has 0 saturated carbocycles. The fourth-order valence-electron chi connectivity index (χ4n) is 2.89. The highest BCUT2D eigenvalue weighted by Gasteiger charge is 2.16. The van der Waals surface area contributed by atoms with Crippen LogP contribution in [0.1, 0.15) is 31.1 Å². The Morgan fingerprint density at radius 3 is 1.97 bits per heavy atom. The third-order valence-corrected chi connectivity index (χ3v) is 5.58. The lowest BCUT2D eigenvalue weighted by Gasteiger charge is -2.19. The average Bonchev–Trinajstić information content (AvgIpc) is 2.73. The van der Waals surface area contributed by atoms with Gasteiger partial charge in [-0.1, -0.05) is 12.1 Å². The Kier molecular flexibility index (Phi) is 7.65. The van der Waals surface area contributed by atoms with Gasteiger partial charge < -0.3 is 9.84 Å². The molecule has 0 spiro atoms. The van der Waals surface area contributed by atoms with Crippen molar-refractivity contribution in [2.45, 2.75) is 26.4 Å². The van der Waals surface area contributed by atoms with E-state index in [-0.39, 0.29) is 5.56 Å². The van der Waals surface area contributed by atoms with Gasteiger partial charge >= 0.3 is 12.1 Å². The van der Waals surface area contributed by atoms with Crippen molar-refractivity contribution in [1.29, 1.82) is 0 Å². The maximum atomic E-state index is 11.7. The van der Waals surface area contributed by atoms with E-state index in [2.05, 4.69) is 47.1 Å². The molecule has 4 rings (SSSR count). The van der Waals surface area contributed by atoms with Crippen molar-refractivity contribution in [2.24, 2.45) is 0 Å². The summed E-state index contributed by atoms with van der Waals surface area (Å²) in [5.41, 5.74) is 0.462. The van der Waals surface area contributed by atoms with Crippen LogP contribution in [0.3, 0.4) is 0 Å². The lowest BCUT2D eigenvalue weighted by atomic mass is 10.1. The van der Waals surface area contributed by atoms with Crippen molar-refractivity contribution in [2.75, 3.05) is 5.32 Å². The molecule has 4 aromatic rings. The highest BCUT2D eigenvalue weighted by Crippen LogP contribution is 2.26. The average molecular weight is 575 g/mol. The number of aromatic carboxylic acids is 1. The molecule has 0 fully saturated rings. The number of pyridine rings is 2. The maximum absolute atomic E-state index is 11.7. The summed E-state index contributed by atoms with van der Waals surface area (Å²) in [6, 6.07) is 10.5. The number of carbonyl (C=O) groups is 2. The predicted molar refractivity (Wildman–Crippen MR) is 136 cm³/mol. The normalized spacial score (nSPS) is 10.9. The summed E-state index contributed by atoms with van der Waals surface area (Å²) in [7, 11) is 0. The Bertz CT molecular complexity index is 1340. The van der Waals surface area contributed by atoms with E-state index < -0.39 is 17.7 Å². The van der Waals surface area contributed by atoms with Crippen molar-refractivity contribution >= 4 is 71.2 Å². The largest absolute Gasteiger partial charge is 0.478 e. The molecule has 0 saturated heterocycles. The van der Waals surface area contributed by atoms with Crippen LogP contribution in [-0.4, -0.2) is 32.7 Å². The molecule has 2 aromatic heterocycles. The number of carboxylic acid groups (broad SMARTS) is 1. The van der Waals surface area contributed by atoms with E-state index in [0.717, 1.165) is 30.5 Å². The summed E-state index contributed by atoms with van der Waals surface area (Å²) < 4.78 is 6.90. The smallest absolute Gasteiger partial charge is 0.412 e. The van der Waals surface area contributed by atoms with Gasteiger partial charge in [0.15, 0.2) is 0 Å². The van der Waals surface area contributed by atoms with Crippen molar-refractivity contribution in [3.8, 4) is 0 Å². The van der Waals surface area contributed by atoms with E-state index in [1.165, 1.54) is 0 Å². The van der Waals surface area contributed by atoms with Gasteiger partial charge in [0.1, 0.15) is 5.60 Å². The molecule has 2 aromatic carbocycles. The van der Waals surface area contributed by atoms with Crippen LogP contribution in [0.2, 0.25) is 0 Å².